The molecule has 0 spiro atoms. The zero-order valence-corrected chi connectivity index (χ0v) is 64.6. The van der Waals surface area contributed by atoms with Crippen LogP contribution in [0.1, 0.15) is 323 Å². The number of aliphatic hydroxyl groups is 1. The Bertz CT molecular complexity index is 2320. The van der Waals surface area contributed by atoms with Gasteiger partial charge in [-0.2, -0.15) is 0 Å². The van der Waals surface area contributed by atoms with E-state index in [4.69, 9.17) is 37.0 Å². The highest BCUT2D eigenvalue weighted by Crippen LogP contribution is 2.45. The Balaban J connectivity index is 5.39. The molecule has 0 aromatic carbocycles. The molecule has 0 rings (SSSR count). The normalized spacial score (nSPS) is 14.5. The summed E-state index contributed by atoms with van der Waals surface area (Å²) in [6.45, 7) is 4.58. The number of unbranched alkanes of at least 4 members (excludes halogenated alkanes) is 29. The van der Waals surface area contributed by atoms with Crippen LogP contribution >= 0.6 is 15.6 Å². The van der Waals surface area contributed by atoms with E-state index in [1.54, 1.807) is 0 Å². The minimum atomic E-state index is -4.99. The highest BCUT2D eigenvalue weighted by atomic mass is 31.2. The second-order valence-corrected chi connectivity index (χ2v) is 28.8. The highest BCUT2D eigenvalue weighted by Gasteiger charge is 2.30. The van der Waals surface area contributed by atoms with Crippen LogP contribution in [0.25, 0.3) is 0 Å². The van der Waals surface area contributed by atoms with Crippen LogP contribution in [0.3, 0.4) is 0 Å². The Hall–Kier alpha value is -4.28. The van der Waals surface area contributed by atoms with E-state index in [0.717, 1.165) is 154 Å². The molecule has 0 aliphatic rings. The van der Waals surface area contributed by atoms with Gasteiger partial charge in [-0.3, -0.25) is 37.3 Å². The van der Waals surface area contributed by atoms with Crippen LogP contribution < -0.4 is 0 Å². The van der Waals surface area contributed by atoms with Gasteiger partial charge in [0, 0.05) is 25.7 Å². The molecule has 0 saturated heterocycles. The average molecular weight is 1450 g/mol. The number of esters is 4. The van der Waals surface area contributed by atoms with Gasteiger partial charge in [0.25, 0.3) is 0 Å². The zero-order chi connectivity index (χ0) is 73.2. The summed E-state index contributed by atoms with van der Waals surface area (Å²) >= 11 is 0. The summed E-state index contributed by atoms with van der Waals surface area (Å²) in [6, 6.07) is 0. The van der Waals surface area contributed by atoms with Crippen LogP contribution in [0, 0.1) is 0 Å². The van der Waals surface area contributed by atoms with Crippen molar-refractivity contribution in [2.24, 2.45) is 0 Å². The summed E-state index contributed by atoms with van der Waals surface area (Å²) in [5.74, 6) is -2.25. The maximum absolute atomic E-state index is 13.1. The number of aliphatic hydroxyl groups excluding tert-OH is 1. The topological polar surface area (TPSA) is 237 Å². The van der Waals surface area contributed by atoms with Gasteiger partial charge in [0.2, 0.25) is 0 Å². The summed E-state index contributed by atoms with van der Waals surface area (Å²) in [5.41, 5.74) is 0. The molecule has 0 radical (unpaired) electrons. The second-order valence-electron chi connectivity index (χ2n) is 25.9. The lowest BCUT2D eigenvalue weighted by molar-refractivity contribution is -0.161. The number of ether oxygens (including phenoxy) is 4. The molecule has 0 aromatic heterocycles. The molecular formula is C81H140O17P2. The van der Waals surface area contributed by atoms with E-state index in [2.05, 4.69) is 137 Å². The maximum Gasteiger partial charge on any atom is 0.472 e. The smallest absolute Gasteiger partial charge is 0.462 e. The number of hydrogen-bond acceptors (Lipinski definition) is 15. The molecule has 0 fully saturated rings. The van der Waals surface area contributed by atoms with Gasteiger partial charge in [-0.25, -0.2) is 9.13 Å². The number of phosphoric acid groups is 2. The molecular weight excluding hydrogens is 1310 g/mol. The quantitative estimate of drug-likeness (QED) is 0.0169. The van der Waals surface area contributed by atoms with Crippen LogP contribution in [-0.4, -0.2) is 96.7 Å². The van der Waals surface area contributed by atoms with Crippen LogP contribution in [0.2, 0.25) is 0 Å². The molecule has 5 unspecified atom stereocenters. The molecule has 576 valence electrons. The van der Waals surface area contributed by atoms with Crippen molar-refractivity contribution in [2.75, 3.05) is 39.6 Å². The standard InChI is InChI=1S/C81H140O17P2/c1-5-9-13-17-21-25-29-33-36-37-40-43-46-50-54-58-62-66-79(84)92-72-77(98-81(86)68-64-60-56-52-48-44-39-35-31-27-23-19-15-11-7-3)74-96-100(89,90)94-70-75(82)69-93-99(87,88)95-73-76(97-80(85)67-63-59-55-51-47-41-32-28-24-20-16-12-8-4)71-91-78(83)65-61-57-53-49-45-42-38-34-30-26-22-18-14-10-6-2/h9-10,13-14,21-22,25-26,28,32-34,36,38,40,43,45,49,75-77,82H,5-8,11-12,15-20,23-24,27,29-31,35,37,39,41-42,44,46-48,50-74H2,1-4H3,(H,87,88)(H,89,90)/b13-9-,14-10-,25-21-,26-22-,32-28-,36-33-,38-34-,43-40-,49-45-. The molecule has 0 aliphatic carbocycles. The predicted octanol–water partition coefficient (Wildman–Crippen LogP) is 22.6. The van der Waals surface area contributed by atoms with Gasteiger partial charge in [0.15, 0.2) is 12.2 Å². The van der Waals surface area contributed by atoms with Crippen molar-refractivity contribution < 1.29 is 80.2 Å². The van der Waals surface area contributed by atoms with Crippen molar-refractivity contribution >= 4 is 39.5 Å². The van der Waals surface area contributed by atoms with Gasteiger partial charge in [0.1, 0.15) is 19.3 Å². The molecule has 17 nitrogen and oxygen atoms in total. The Morgan fingerprint density at radius 1 is 0.290 bits per heavy atom. The van der Waals surface area contributed by atoms with E-state index in [1.807, 2.05) is 0 Å². The van der Waals surface area contributed by atoms with Crippen molar-refractivity contribution in [1.82, 2.24) is 0 Å². The number of carbonyl (C=O) groups is 4. The summed E-state index contributed by atoms with van der Waals surface area (Å²) in [6.07, 6.45) is 77.9. The number of hydrogen-bond donors (Lipinski definition) is 3. The Morgan fingerprint density at radius 3 is 0.840 bits per heavy atom. The minimum Gasteiger partial charge on any atom is -0.462 e. The summed E-state index contributed by atoms with van der Waals surface area (Å²) in [7, 11) is -9.97. The van der Waals surface area contributed by atoms with E-state index in [-0.39, 0.29) is 25.7 Å². The predicted molar refractivity (Wildman–Crippen MR) is 408 cm³/mol. The average Bonchev–Trinajstić information content (AvgIpc) is 1.06. The summed E-state index contributed by atoms with van der Waals surface area (Å²) in [5, 5.41) is 10.6. The molecule has 5 atom stereocenters. The van der Waals surface area contributed by atoms with Gasteiger partial charge in [0.05, 0.1) is 26.4 Å². The van der Waals surface area contributed by atoms with Crippen molar-refractivity contribution in [2.45, 2.75) is 341 Å². The first-order valence-corrected chi connectivity index (χ1v) is 42.1. The van der Waals surface area contributed by atoms with Crippen LogP contribution in [-0.2, 0) is 65.4 Å². The Labute approximate surface area is 607 Å². The lowest BCUT2D eigenvalue weighted by Gasteiger charge is -2.21. The lowest BCUT2D eigenvalue weighted by Crippen LogP contribution is -2.30. The minimum absolute atomic E-state index is 0.0749. The number of phosphoric ester groups is 2. The second kappa shape index (κ2) is 73.0. The SMILES string of the molecule is CC/C=C\C/C=C\C/C=C\C/C=C\CCCCCCC(=O)OCC(COP(=O)(O)OCC(O)COP(=O)(O)OCC(COC(=O)CCCC/C=C\C/C=C\C/C=C\C/C=C\CC)OC(=O)CCCCCCC/C=C\CCCCCC)OC(=O)CCCCCCCCCCCCCCCCC. The van der Waals surface area contributed by atoms with Crippen molar-refractivity contribution in [1.29, 1.82) is 0 Å². The first kappa shape index (κ1) is 95.7. The van der Waals surface area contributed by atoms with E-state index in [1.165, 1.54) is 89.9 Å². The molecule has 0 bridgehead atoms. The number of rotatable bonds is 73. The van der Waals surface area contributed by atoms with E-state index in [0.29, 0.717) is 25.7 Å². The van der Waals surface area contributed by atoms with Crippen LogP contribution in [0.15, 0.2) is 109 Å². The summed E-state index contributed by atoms with van der Waals surface area (Å²) in [4.78, 5) is 72.9. The molecule has 0 amide bonds. The molecule has 0 aromatic rings. The zero-order valence-electron chi connectivity index (χ0n) is 62.8. The fourth-order valence-electron chi connectivity index (χ4n) is 10.3. The Kier molecular flexibility index (Phi) is 69.9. The third-order valence-corrected chi connectivity index (χ3v) is 18.1. The molecule has 0 saturated carbocycles. The molecule has 19 heteroatoms. The molecule has 3 N–H and O–H groups in total. The van der Waals surface area contributed by atoms with Gasteiger partial charge in [-0.15, -0.1) is 0 Å². The van der Waals surface area contributed by atoms with E-state index < -0.39 is 97.5 Å². The maximum atomic E-state index is 13.1. The van der Waals surface area contributed by atoms with Gasteiger partial charge in [-0.05, 0) is 128 Å². The first-order chi connectivity index (χ1) is 48.7. The highest BCUT2D eigenvalue weighted by molar-refractivity contribution is 7.47. The molecule has 0 aliphatic heterocycles. The largest absolute Gasteiger partial charge is 0.472 e. The van der Waals surface area contributed by atoms with Crippen molar-refractivity contribution in [3.63, 3.8) is 0 Å². The fourth-order valence-corrected chi connectivity index (χ4v) is 11.9. The van der Waals surface area contributed by atoms with Crippen molar-refractivity contribution in [3.05, 3.63) is 109 Å². The van der Waals surface area contributed by atoms with Crippen LogP contribution in [0.4, 0.5) is 0 Å². The fraction of sp³-hybridized carbons (Fsp3) is 0.728. The third-order valence-electron chi connectivity index (χ3n) is 16.2. The third kappa shape index (κ3) is 72.1. The lowest BCUT2D eigenvalue weighted by atomic mass is 10.0. The molecule has 0 heterocycles. The van der Waals surface area contributed by atoms with Gasteiger partial charge < -0.3 is 33.8 Å². The number of carbonyl (C=O) groups excluding carboxylic acids is 4. The first-order valence-electron chi connectivity index (χ1n) is 39.1. The Morgan fingerprint density at radius 2 is 0.520 bits per heavy atom. The van der Waals surface area contributed by atoms with Gasteiger partial charge in [-0.1, -0.05) is 278 Å². The van der Waals surface area contributed by atoms with E-state index in [9.17, 15) is 43.2 Å². The van der Waals surface area contributed by atoms with E-state index >= 15 is 0 Å². The van der Waals surface area contributed by atoms with Crippen molar-refractivity contribution in [3.8, 4) is 0 Å². The monoisotopic (exact) mass is 1450 g/mol. The summed E-state index contributed by atoms with van der Waals surface area (Å²) < 4.78 is 68.5. The number of allylic oxidation sites excluding steroid dienone is 18. The molecule has 100 heavy (non-hydrogen) atoms. The van der Waals surface area contributed by atoms with Crippen LogP contribution in [0.5, 0.6) is 0 Å². The van der Waals surface area contributed by atoms with Gasteiger partial charge >= 0.3 is 39.5 Å².